The molecule has 10 heteroatoms. The summed E-state index contributed by atoms with van der Waals surface area (Å²) in [6.07, 6.45) is 2.85. The SMILES string of the molecule is CC(C)(C)OC(=O)N1CCC(=C(NC(=O)OCc2ccccc2)C(=O)O)CC1.NC(=O)c1ccc2c(c1)CCC2. The molecule has 0 aromatic heterocycles. The molecule has 0 unspecified atom stereocenters. The minimum absolute atomic E-state index is 0.0430. The second-order valence-electron chi connectivity index (χ2n) is 10.6. The predicted octanol–water partition coefficient (Wildman–Crippen LogP) is 4.56. The summed E-state index contributed by atoms with van der Waals surface area (Å²) in [5, 5.41) is 11.8. The van der Waals surface area contributed by atoms with Crippen molar-refractivity contribution < 1.29 is 33.8 Å². The molecule has 40 heavy (non-hydrogen) atoms. The average Bonchev–Trinajstić information content (AvgIpc) is 3.39. The molecule has 0 radical (unpaired) electrons. The summed E-state index contributed by atoms with van der Waals surface area (Å²) in [5.41, 5.74) is 9.05. The Kier molecular flexibility index (Phi) is 10.3. The molecule has 0 spiro atoms. The van der Waals surface area contributed by atoms with Gasteiger partial charge in [0.05, 0.1) is 0 Å². The van der Waals surface area contributed by atoms with Crippen molar-refractivity contribution in [2.45, 2.75) is 65.1 Å². The molecule has 2 aromatic carbocycles. The van der Waals surface area contributed by atoms with E-state index >= 15 is 0 Å². The molecule has 0 atom stereocenters. The molecule has 214 valence electrons. The van der Waals surface area contributed by atoms with Crippen molar-refractivity contribution in [1.29, 1.82) is 0 Å². The van der Waals surface area contributed by atoms with Gasteiger partial charge in [0.25, 0.3) is 0 Å². The number of carbonyl (C=O) groups is 4. The summed E-state index contributed by atoms with van der Waals surface area (Å²) in [6.45, 7) is 6.04. The highest BCUT2D eigenvalue weighted by molar-refractivity contribution is 5.93. The summed E-state index contributed by atoms with van der Waals surface area (Å²) in [7, 11) is 0. The van der Waals surface area contributed by atoms with Crippen molar-refractivity contribution in [1.82, 2.24) is 10.2 Å². The Labute approximate surface area is 234 Å². The van der Waals surface area contributed by atoms with Gasteiger partial charge >= 0.3 is 18.2 Å². The molecular formula is C30H37N3O7. The zero-order chi connectivity index (χ0) is 29.3. The Bertz CT molecular complexity index is 1260. The smallest absolute Gasteiger partial charge is 0.412 e. The van der Waals surface area contributed by atoms with Crippen LogP contribution in [0.5, 0.6) is 0 Å². The standard InChI is InChI=1S/C20H26N2O6.C10H11NO/c1-20(2,3)28-19(26)22-11-9-15(10-12-22)16(17(23)24)21-18(25)27-13-14-7-5-4-6-8-14;11-10(12)9-5-4-7-2-1-3-8(7)6-9/h4-8H,9-13H2,1-3H3,(H,21,25)(H,23,24);4-6H,1-3H2,(H2,11,12). The molecule has 2 aromatic rings. The van der Waals surface area contributed by atoms with Gasteiger partial charge in [-0.2, -0.15) is 0 Å². The van der Waals surface area contributed by atoms with Gasteiger partial charge < -0.3 is 25.2 Å². The molecule has 4 rings (SSSR count). The number of alkyl carbamates (subject to hydrolysis) is 1. The summed E-state index contributed by atoms with van der Waals surface area (Å²) in [6, 6.07) is 14.8. The number of fused-ring (bicyclic) bond motifs is 1. The van der Waals surface area contributed by atoms with Gasteiger partial charge in [-0.1, -0.05) is 36.4 Å². The van der Waals surface area contributed by atoms with Gasteiger partial charge in [0, 0.05) is 18.7 Å². The zero-order valence-electron chi connectivity index (χ0n) is 23.2. The predicted molar refractivity (Wildman–Crippen MR) is 148 cm³/mol. The normalized spacial score (nSPS) is 14.3. The summed E-state index contributed by atoms with van der Waals surface area (Å²) in [4.78, 5) is 48.0. The average molecular weight is 552 g/mol. The fourth-order valence-electron chi connectivity index (χ4n) is 4.42. The van der Waals surface area contributed by atoms with Gasteiger partial charge in [0.2, 0.25) is 5.91 Å². The van der Waals surface area contributed by atoms with E-state index in [1.165, 1.54) is 22.4 Å². The lowest BCUT2D eigenvalue weighted by atomic mass is 10.0. The highest BCUT2D eigenvalue weighted by Gasteiger charge is 2.27. The lowest BCUT2D eigenvalue weighted by Crippen LogP contribution is -2.41. The van der Waals surface area contributed by atoms with Crippen molar-refractivity contribution in [3.8, 4) is 0 Å². The van der Waals surface area contributed by atoms with Crippen LogP contribution < -0.4 is 11.1 Å². The number of hydrogen-bond donors (Lipinski definition) is 3. The van der Waals surface area contributed by atoms with Crippen LogP contribution in [0, 0.1) is 0 Å². The van der Waals surface area contributed by atoms with E-state index in [0.717, 1.165) is 18.4 Å². The first-order valence-electron chi connectivity index (χ1n) is 13.3. The number of likely N-dealkylation sites (tertiary alicyclic amines) is 1. The molecule has 3 amide bonds. The van der Waals surface area contributed by atoms with Gasteiger partial charge in [-0.3, -0.25) is 10.1 Å². The van der Waals surface area contributed by atoms with Gasteiger partial charge in [0.15, 0.2) is 0 Å². The van der Waals surface area contributed by atoms with Crippen LogP contribution in [-0.2, 0) is 33.7 Å². The van der Waals surface area contributed by atoms with Crippen LogP contribution in [0.25, 0.3) is 0 Å². The number of aryl methyl sites for hydroxylation is 2. The molecular weight excluding hydrogens is 514 g/mol. The molecule has 2 aliphatic rings. The second kappa shape index (κ2) is 13.6. The number of carbonyl (C=O) groups excluding carboxylic acids is 3. The van der Waals surface area contributed by atoms with Crippen LogP contribution in [0.15, 0.2) is 59.8 Å². The van der Waals surface area contributed by atoms with E-state index < -0.39 is 23.8 Å². The first-order valence-corrected chi connectivity index (χ1v) is 13.3. The van der Waals surface area contributed by atoms with Crippen LogP contribution in [0.3, 0.4) is 0 Å². The van der Waals surface area contributed by atoms with E-state index in [1.54, 1.807) is 32.9 Å². The Morgan fingerprint density at radius 1 is 0.950 bits per heavy atom. The molecule has 1 heterocycles. The lowest BCUT2D eigenvalue weighted by Gasteiger charge is -2.31. The number of carboxylic acids is 1. The quantitative estimate of drug-likeness (QED) is 0.462. The van der Waals surface area contributed by atoms with Crippen molar-refractivity contribution in [3.05, 3.63) is 82.1 Å². The minimum atomic E-state index is -1.24. The Hall–Kier alpha value is -4.34. The van der Waals surface area contributed by atoms with Gasteiger partial charge in [0.1, 0.15) is 17.9 Å². The number of carboxylic acid groups (broad SMARTS) is 1. The maximum Gasteiger partial charge on any atom is 0.412 e. The number of primary amides is 1. The van der Waals surface area contributed by atoms with Crippen molar-refractivity contribution in [2.75, 3.05) is 13.1 Å². The summed E-state index contributed by atoms with van der Waals surface area (Å²) >= 11 is 0. The number of hydrogen-bond acceptors (Lipinski definition) is 6. The van der Waals surface area contributed by atoms with Crippen molar-refractivity contribution in [2.24, 2.45) is 5.73 Å². The van der Waals surface area contributed by atoms with E-state index in [-0.39, 0.29) is 18.2 Å². The summed E-state index contributed by atoms with van der Waals surface area (Å²) < 4.78 is 10.4. The number of piperidine rings is 1. The molecule has 1 saturated heterocycles. The van der Waals surface area contributed by atoms with Crippen molar-refractivity contribution >= 4 is 24.1 Å². The monoisotopic (exact) mass is 551 g/mol. The molecule has 0 bridgehead atoms. The lowest BCUT2D eigenvalue weighted by molar-refractivity contribution is -0.133. The highest BCUT2D eigenvalue weighted by atomic mass is 16.6. The topological polar surface area (TPSA) is 148 Å². The molecule has 4 N–H and O–H groups in total. The number of aliphatic carboxylic acids is 1. The largest absolute Gasteiger partial charge is 0.477 e. The Morgan fingerprint density at radius 2 is 1.60 bits per heavy atom. The van der Waals surface area contributed by atoms with Crippen LogP contribution in [0.4, 0.5) is 9.59 Å². The van der Waals surface area contributed by atoms with E-state index in [2.05, 4.69) is 5.32 Å². The van der Waals surface area contributed by atoms with Crippen LogP contribution in [-0.4, -0.2) is 52.8 Å². The number of ether oxygens (including phenoxy) is 2. The molecule has 10 nitrogen and oxygen atoms in total. The third kappa shape index (κ3) is 9.14. The van der Waals surface area contributed by atoms with Crippen LogP contribution in [0.2, 0.25) is 0 Å². The molecule has 1 aliphatic carbocycles. The maximum atomic E-state index is 12.1. The number of benzene rings is 2. The second-order valence-corrected chi connectivity index (χ2v) is 10.6. The molecule has 1 fully saturated rings. The number of amides is 3. The number of nitrogens with two attached hydrogens (primary N) is 1. The Morgan fingerprint density at radius 3 is 2.20 bits per heavy atom. The third-order valence-electron chi connectivity index (χ3n) is 6.41. The first-order chi connectivity index (χ1) is 18.9. The molecule has 1 aliphatic heterocycles. The highest BCUT2D eigenvalue weighted by Crippen LogP contribution is 2.23. The van der Waals surface area contributed by atoms with E-state index in [0.29, 0.717) is 37.1 Å². The first kappa shape index (κ1) is 30.2. The number of nitrogens with one attached hydrogen (secondary N) is 1. The van der Waals surface area contributed by atoms with Crippen molar-refractivity contribution in [3.63, 3.8) is 0 Å². The fraction of sp³-hybridized carbons (Fsp3) is 0.400. The Balaban J connectivity index is 0.000000302. The van der Waals surface area contributed by atoms with E-state index in [1.807, 2.05) is 36.4 Å². The third-order valence-corrected chi connectivity index (χ3v) is 6.41. The van der Waals surface area contributed by atoms with E-state index in [9.17, 15) is 24.3 Å². The van der Waals surface area contributed by atoms with Crippen LogP contribution >= 0.6 is 0 Å². The van der Waals surface area contributed by atoms with Gasteiger partial charge in [-0.15, -0.1) is 0 Å². The number of rotatable bonds is 5. The minimum Gasteiger partial charge on any atom is -0.477 e. The number of nitrogens with zero attached hydrogens (tertiary/aromatic N) is 1. The maximum absolute atomic E-state index is 12.1. The fourth-order valence-corrected chi connectivity index (χ4v) is 4.42. The van der Waals surface area contributed by atoms with E-state index in [4.69, 9.17) is 15.2 Å². The molecule has 0 saturated carbocycles. The van der Waals surface area contributed by atoms with Gasteiger partial charge in [-0.05, 0) is 87.3 Å². The zero-order valence-corrected chi connectivity index (χ0v) is 23.2. The van der Waals surface area contributed by atoms with Crippen LogP contribution in [0.1, 0.15) is 67.1 Å². The van der Waals surface area contributed by atoms with Gasteiger partial charge in [-0.25, -0.2) is 14.4 Å². The summed E-state index contributed by atoms with van der Waals surface area (Å²) in [5.74, 6) is -1.57.